The number of hydrogen-bond donors (Lipinski definition) is 0. The van der Waals surface area contributed by atoms with Crippen LogP contribution in [0.5, 0.6) is 0 Å². The van der Waals surface area contributed by atoms with Gasteiger partial charge in [-0.25, -0.2) is 12.7 Å². The van der Waals surface area contributed by atoms with Crippen molar-refractivity contribution in [1.82, 2.24) is 4.31 Å². The van der Waals surface area contributed by atoms with Gasteiger partial charge in [-0.05, 0) is 24.7 Å². The summed E-state index contributed by atoms with van der Waals surface area (Å²) in [6.07, 6.45) is 1.22. The van der Waals surface area contributed by atoms with Crippen molar-refractivity contribution >= 4 is 10.0 Å². The van der Waals surface area contributed by atoms with Gasteiger partial charge in [0.1, 0.15) is 0 Å². The third kappa shape index (κ3) is 1.40. The summed E-state index contributed by atoms with van der Waals surface area (Å²) in [6, 6.07) is 0. The molecule has 2 atom stereocenters. The molecule has 0 N–H and O–H groups in total. The molecule has 2 unspecified atom stereocenters. The number of nitrogens with zero attached hydrogens (tertiary/aromatic N) is 1. The van der Waals surface area contributed by atoms with Gasteiger partial charge in [0.05, 0.1) is 5.75 Å². The molecule has 1 aliphatic heterocycles. The highest BCUT2D eigenvalue weighted by molar-refractivity contribution is 7.89. The van der Waals surface area contributed by atoms with Crippen LogP contribution in [0.1, 0.15) is 20.3 Å². The molecule has 0 radical (unpaired) electrons. The minimum Gasteiger partial charge on any atom is -0.212 e. The van der Waals surface area contributed by atoms with E-state index in [4.69, 9.17) is 0 Å². The van der Waals surface area contributed by atoms with Gasteiger partial charge in [0.2, 0.25) is 10.0 Å². The molecule has 13 heavy (non-hydrogen) atoms. The standard InChI is InChI=1S/C9H17NO2S/c1-3-7-8-5-10(6-9(7)8)13(11,12)4-2/h7-9H,3-6H2,1-2H3. The number of fused-ring (bicyclic) bond motifs is 1. The lowest BCUT2D eigenvalue weighted by Crippen LogP contribution is -2.32. The van der Waals surface area contributed by atoms with E-state index in [9.17, 15) is 8.42 Å². The van der Waals surface area contributed by atoms with Crippen molar-refractivity contribution in [3.8, 4) is 0 Å². The molecule has 1 heterocycles. The Morgan fingerprint density at radius 2 is 1.77 bits per heavy atom. The van der Waals surface area contributed by atoms with Crippen LogP contribution in [0.25, 0.3) is 0 Å². The van der Waals surface area contributed by atoms with E-state index in [0.29, 0.717) is 11.8 Å². The Bertz CT molecular complexity index is 287. The van der Waals surface area contributed by atoms with Crippen LogP contribution in [0.4, 0.5) is 0 Å². The third-order valence-corrected chi connectivity index (χ3v) is 5.38. The number of sulfonamides is 1. The van der Waals surface area contributed by atoms with E-state index in [1.54, 1.807) is 11.2 Å². The third-order valence-electron chi connectivity index (χ3n) is 3.57. The Kier molecular flexibility index (Phi) is 2.15. The number of rotatable bonds is 3. The summed E-state index contributed by atoms with van der Waals surface area (Å²) in [5, 5.41) is 0. The largest absolute Gasteiger partial charge is 0.213 e. The zero-order chi connectivity index (χ0) is 9.64. The maximum absolute atomic E-state index is 11.5. The Labute approximate surface area is 80.2 Å². The second-order valence-electron chi connectivity index (χ2n) is 4.12. The molecule has 1 saturated heterocycles. The first-order valence-electron chi connectivity index (χ1n) is 5.08. The highest BCUT2D eigenvalue weighted by atomic mass is 32.2. The van der Waals surface area contributed by atoms with Crippen molar-refractivity contribution < 1.29 is 8.42 Å². The molecule has 3 nitrogen and oxygen atoms in total. The highest BCUT2D eigenvalue weighted by Gasteiger charge is 2.56. The second kappa shape index (κ2) is 2.95. The lowest BCUT2D eigenvalue weighted by molar-refractivity contribution is 0.409. The molecule has 0 bridgehead atoms. The molecule has 0 amide bonds. The van der Waals surface area contributed by atoms with Crippen LogP contribution in [0.15, 0.2) is 0 Å². The summed E-state index contributed by atoms with van der Waals surface area (Å²) in [7, 11) is -2.90. The Hall–Kier alpha value is -0.0900. The van der Waals surface area contributed by atoms with Crippen LogP contribution < -0.4 is 0 Å². The van der Waals surface area contributed by atoms with Gasteiger partial charge in [0.25, 0.3) is 0 Å². The molecule has 0 aromatic heterocycles. The lowest BCUT2D eigenvalue weighted by atomic mass is 10.2. The monoisotopic (exact) mass is 203 g/mol. The molecular formula is C9H17NO2S. The van der Waals surface area contributed by atoms with Crippen LogP contribution >= 0.6 is 0 Å². The molecule has 4 heteroatoms. The van der Waals surface area contributed by atoms with Crippen molar-refractivity contribution in [2.45, 2.75) is 20.3 Å². The van der Waals surface area contributed by atoms with Gasteiger partial charge >= 0.3 is 0 Å². The average molecular weight is 203 g/mol. The zero-order valence-corrected chi connectivity index (χ0v) is 9.05. The molecule has 2 rings (SSSR count). The number of piperidine rings is 1. The molecular weight excluding hydrogens is 186 g/mol. The van der Waals surface area contributed by atoms with Gasteiger partial charge in [-0.3, -0.25) is 0 Å². The predicted octanol–water partition coefficient (Wildman–Crippen LogP) is 0.924. The first kappa shape index (κ1) is 9.46. The smallest absolute Gasteiger partial charge is 0.212 e. The average Bonchev–Trinajstić information content (AvgIpc) is 2.57. The maximum atomic E-state index is 11.5. The molecule has 2 fully saturated rings. The summed E-state index contributed by atoms with van der Waals surface area (Å²) in [6.45, 7) is 5.50. The summed E-state index contributed by atoms with van der Waals surface area (Å²) in [4.78, 5) is 0. The topological polar surface area (TPSA) is 37.4 Å². The van der Waals surface area contributed by atoms with E-state index in [1.807, 2.05) is 0 Å². The molecule has 0 aromatic rings. The van der Waals surface area contributed by atoms with Crippen molar-refractivity contribution in [3.05, 3.63) is 0 Å². The molecule has 1 aliphatic carbocycles. The van der Waals surface area contributed by atoms with Gasteiger partial charge in [-0.1, -0.05) is 13.3 Å². The first-order valence-corrected chi connectivity index (χ1v) is 6.69. The van der Waals surface area contributed by atoms with E-state index in [2.05, 4.69) is 6.92 Å². The SMILES string of the molecule is CCC1C2CN(S(=O)(=O)CC)CC12. The van der Waals surface area contributed by atoms with Gasteiger partial charge < -0.3 is 0 Å². The van der Waals surface area contributed by atoms with Crippen LogP contribution in [0.2, 0.25) is 0 Å². The van der Waals surface area contributed by atoms with Gasteiger partial charge in [0, 0.05) is 13.1 Å². The summed E-state index contributed by atoms with van der Waals surface area (Å²) < 4.78 is 24.7. The van der Waals surface area contributed by atoms with Crippen LogP contribution in [0.3, 0.4) is 0 Å². The van der Waals surface area contributed by atoms with E-state index < -0.39 is 10.0 Å². The van der Waals surface area contributed by atoms with Gasteiger partial charge in [-0.15, -0.1) is 0 Å². The number of hydrogen-bond acceptors (Lipinski definition) is 2. The zero-order valence-electron chi connectivity index (χ0n) is 8.23. The molecule has 2 aliphatic rings. The second-order valence-corrected chi connectivity index (χ2v) is 6.37. The summed E-state index contributed by atoms with van der Waals surface area (Å²) in [5.41, 5.74) is 0. The van der Waals surface area contributed by atoms with Crippen LogP contribution in [0, 0.1) is 17.8 Å². The fourth-order valence-electron chi connectivity index (χ4n) is 2.63. The molecule has 1 saturated carbocycles. The highest BCUT2D eigenvalue weighted by Crippen LogP contribution is 2.53. The first-order chi connectivity index (χ1) is 6.10. The Morgan fingerprint density at radius 1 is 1.23 bits per heavy atom. The van der Waals surface area contributed by atoms with Crippen molar-refractivity contribution in [3.63, 3.8) is 0 Å². The van der Waals surface area contributed by atoms with E-state index >= 15 is 0 Å². The van der Waals surface area contributed by atoms with Crippen molar-refractivity contribution in [1.29, 1.82) is 0 Å². The van der Waals surface area contributed by atoms with Crippen molar-refractivity contribution in [2.24, 2.45) is 17.8 Å². The minimum atomic E-state index is -2.90. The van der Waals surface area contributed by atoms with E-state index in [0.717, 1.165) is 19.0 Å². The molecule has 0 aromatic carbocycles. The quantitative estimate of drug-likeness (QED) is 0.684. The lowest BCUT2D eigenvalue weighted by Gasteiger charge is -2.17. The van der Waals surface area contributed by atoms with E-state index in [-0.39, 0.29) is 5.75 Å². The Morgan fingerprint density at radius 3 is 2.15 bits per heavy atom. The molecule has 76 valence electrons. The fourth-order valence-corrected chi connectivity index (χ4v) is 3.79. The predicted molar refractivity (Wildman–Crippen MR) is 51.8 cm³/mol. The molecule has 0 spiro atoms. The minimum absolute atomic E-state index is 0.253. The summed E-state index contributed by atoms with van der Waals surface area (Å²) in [5.74, 6) is 2.45. The normalized spacial score (nSPS) is 39.1. The van der Waals surface area contributed by atoms with Crippen molar-refractivity contribution in [2.75, 3.05) is 18.8 Å². The van der Waals surface area contributed by atoms with Gasteiger partial charge in [-0.2, -0.15) is 0 Å². The van der Waals surface area contributed by atoms with Gasteiger partial charge in [0.15, 0.2) is 0 Å². The Balaban J connectivity index is 1.98. The fraction of sp³-hybridized carbons (Fsp3) is 1.00. The maximum Gasteiger partial charge on any atom is 0.213 e. The van der Waals surface area contributed by atoms with Crippen LogP contribution in [-0.4, -0.2) is 31.6 Å². The van der Waals surface area contributed by atoms with Crippen LogP contribution in [-0.2, 0) is 10.0 Å². The van der Waals surface area contributed by atoms with E-state index in [1.165, 1.54) is 6.42 Å². The summed E-state index contributed by atoms with van der Waals surface area (Å²) >= 11 is 0.